The number of amides is 1. The maximum absolute atomic E-state index is 11.5. The summed E-state index contributed by atoms with van der Waals surface area (Å²) in [6.07, 6.45) is 0. The zero-order valence-corrected chi connectivity index (χ0v) is 10.5. The number of nitrogens with zero attached hydrogens (tertiary/aromatic N) is 1. The van der Waals surface area contributed by atoms with Crippen molar-refractivity contribution in [3.8, 4) is 0 Å². The van der Waals surface area contributed by atoms with Crippen LogP contribution in [0.2, 0.25) is 0 Å². The Bertz CT molecular complexity index is 403. The molecule has 1 aromatic rings. The first-order valence-electron chi connectivity index (χ1n) is 4.16. The monoisotopic (exact) mass is 292 g/mol. The van der Waals surface area contributed by atoms with Gasteiger partial charge in [0.25, 0.3) is 5.91 Å². The van der Waals surface area contributed by atoms with Crippen LogP contribution >= 0.6 is 27.3 Å². The molecule has 0 bridgehead atoms. The third-order valence-electron chi connectivity index (χ3n) is 1.48. The summed E-state index contributed by atoms with van der Waals surface area (Å²) in [5, 5.41) is 13.1. The Morgan fingerprint density at radius 3 is 2.67 bits per heavy atom. The second-order valence-corrected chi connectivity index (χ2v) is 5.03. The first-order valence-corrected chi connectivity index (χ1v) is 5.77. The van der Waals surface area contributed by atoms with Crippen LogP contribution in [-0.2, 0) is 0 Å². The zero-order valence-electron chi connectivity index (χ0n) is 8.11. The van der Waals surface area contributed by atoms with Crippen molar-refractivity contribution >= 4 is 38.2 Å². The number of nitro groups is 1. The molecule has 1 aromatic heterocycles. The van der Waals surface area contributed by atoms with Crippen LogP contribution in [0.3, 0.4) is 0 Å². The van der Waals surface area contributed by atoms with Gasteiger partial charge in [0, 0.05) is 6.04 Å². The normalized spacial score (nSPS) is 10.4. The number of carbonyl (C=O) groups is 1. The van der Waals surface area contributed by atoms with Gasteiger partial charge in [-0.1, -0.05) is 11.3 Å². The van der Waals surface area contributed by atoms with Crippen LogP contribution in [0.25, 0.3) is 0 Å². The van der Waals surface area contributed by atoms with Crippen molar-refractivity contribution in [2.75, 3.05) is 0 Å². The first kappa shape index (κ1) is 12.1. The predicted octanol–water partition coefficient (Wildman–Crippen LogP) is 2.56. The minimum Gasteiger partial charge on any atom is -0.349 e. The fourth-order valence-electron chi connectivity index (χ4n) is 0.929. The van der Waals surface area contributed by atoms with E-state index < -0.39 is 4.92 Å². The van der Waals surface area contributed by atoms with Gasteiger partial charge in [-0.05, 0) is 35.8 Å². The fraction of sp³-hybridized carbons (Fsp3) is 0.375. The topological polar surface area (TPSA) is 72.2 Å². The second-order valence-electron chi connectivity index (χ2n) is 3.15. The molecule has 1 N–H and O–H groups in total. The molecule has 0 atom stereocenters. The summed E-state index contributed by atoms with van der Waals surface area (Å²) >= 11 is 3.90. The van der Waals surface area contributed by atoms with Gasteiger partial charge in [-0.15, -0.1) is 0 Å². The number of hydrogen-bond acceptors (Lipinski definition) is 4. The molecule has 0 unspecified atom stereocenters. The molecule has 5 nitrogen and oxygen atoms in total. The zero-order chi connectivity index (χ0) is 11.6. The van der Waals surface area contributed by atoms with E-state index in [1.54, 1.807) is 0 Å². The predicted molar refractivity (Wildman–Crippen MR) is 61.3 cm³/mol. The van der Waals surface area contributed by atoms with Crippen molar-refractivity contribution in [1.29, 1.82) is 0 Å². The largest absolute Gasteiger partial charge is 0.349 e. The molecule has 0 aliphatic carbocycles. The smallest absolute Gasteiger partial charge is 0.338 e. The van der Waals surface area contributed by atoms with Crippen molar-refractivity contribution in [2.45, 2.75) is 19.9 Å². The van der Waals surface area contributed by atoms with Crippen LogP contribution in [-0.4, -0.2) is 16.9 Å². The van der Waals surface area contributed by atoms with Gasteiger partial charge in [0.1, 0.15) is 4.47 Å². The highest BCUT2D eigenvalue weighted by Crippen LogP contribution is 2.34. The average molecular weight is 293 g/mol. The molecule has 0 aliphatic rings. The molecule has 0 aromatic carbocycles. The second kappa shape index (κ2) is 4.71. The van der Waals surface area contributed by atoms with Gasteiger partial charge in [-0.3, -0.25) is 14.9 Å². The molecule has 82 valence electrons. The first-order chi connectivity index (χ1) is 6.91. The number of thiophene rings is 1. The van der Waals surface area contributed by atoms with E-state index in [4.69, 9.17) is 0 Å². The highest BCUT2D eigenvalue weighted by atomic mass is 79.9. The molecule has 0 fully saturated rings. The molecule has 7 heteroatoms. The van der Waals surface area contributed by atoms with Crippen molar-refractivity contribution in [3.05, 3.63) is 25.5 Å². The molecule has 0 aliphatic heterocycles. The van der Waals surface area contributed by atoms with Crippen LogP contribution in [0.5, 0.6) is 0 Å². The third-order valence-corrected chi connectivity index (χ3v) is 3.43. The molecule has 1 amide bonds. The lowest BCUT2D eigenvalue weighted by Crippen LogP contribution is -2.29. The van der Waals surface area contributed by atoms with Gasteiger partial charge in [0.05, 0.1) is 9.80 Å². The molecule has 0 radical (unpaired) electrons. The average Bonchev–Trinajstić information content (AvgIpc) is 2.46. The Morgan fingerprint density at radius 2 is 2.27 bits per heavy atom. The van der Waals surface area contributed by atoms with Crippen molar-refractivity contribution in [3.63, 3.8) is 0 Å². The van der Waals surface area contributed by atoms with Gasteiger partial charge >= 0.3 is 5.00 Å². The molecule has 15 heavy (non-hydrogen) atoms. The van der Waals surface area contributed by atoms with Crippen molar-refractivity contribution < 1.29 is 9.72 Å². The molecule has 0 saturated heterocycles. The summed E-state index contributed by atoms with van der Waals surface area (Å²) < 4.78 is 0.339. The molecule has 0 saturated carbocycles. The maximum Gasteiger partial charge on any atom is 0.338 e. The van der Waals surface area contributed by atoms with Crippen LogP contribution < -0.4 is 5.32 Å². The summed E-state index contributed by atoms with van der Waals surface area (Å²) in [5.74, 6) is -0.288. The summed E-state index contributed by atoms with van der Waals surface area (Å²) in [6.45, 7) is 3.66. The highest BCUT2D eigenvalue weighted by molar-refractivity contribution is 9.10. The van der Waals surface area contributed by atoms with Crippen LogP contribution in [0, 0.1) is 10.1 Å². The lowest BCUT2D eigenvalue weighted by molar-refractivity contribution is -0.380. The Morgan fingerprint density at radius 1 is 1.67 bits per heavy atom. The molecule has 0 spiro atoms. The lowest BCUT2D eigenvalue weighted by Gasteiger charge is -2.05. The lowest BCUT2D eigenvalue weighted by atomic mass is 10.3. The summed E-state index contributed by atoms with van der Waals surface area (Å²) in [5.41, 5.74) is 0. The summed E-state index contributed by atoms with van der Waals surface area (Å²) in [6, 6.07) is 1.47. The van der Waals surface area contributed by atoms with Crippen molar-refractivity contribution in [2.24, 2.45) is 0 Å². The molecular weight excluding hydrogens is 284 g/mol. The number of rotatable bonds is 3. The van der Waals surface area contributed by atoms with Gasteiger partial charge in [0.15, 0.2) is 0 Å². The fourth-order valence-corrected chi connectivity index (χ4v) is 2.46. The standard InChI is InChI=1S/C8H9BrN2O3S/c1-4(2)10-7(12)6-3-5(9)8(15-6)11(13)14/h3-4H,1-2H3,(H,10,12). The minimum atomic E-state index is -0.513. The van der Waals surface area contributed by atoms with Gasteiger partial charge in [-0.2, -0.15) is 0 Å². The van der Waals surface area contributed by atoms with Gasteiger partial charge in [0.2, 0.25) is 0 Å². The summed E-state index contributed by atoms with van der Waals surface area (Å²) in [7, 11) is 0. The van der Waals surface area contributed by atoms with Crippen LogP contribution in [0.15, 0.2) is 10.5 Å². The Kier molecular flexibility index (Phi) is 3.81. The number of nitrogens with one attached hydrogen (secondary N) is 1. The van der Waals surface area contributed by atoms with E-state index in [1.807, 2.05) is 13.8 Å². The molecule has 1 heterocycles. The van der Waals surface area contributed by atoms with E-state index in [-0.39, 0.29) is 17.0 Å². The summed E-state index contributed by atoms with van der Waals surface area (Å²) in [4.78, 5) is 21.9. The Labute approximate surface area is 98.8 Å². The Hall–Kier alpha value is -0.950. The number of hydrogen-bond donors (Lipinski definition) is 1. The quantitative estimate of drug-likeness (QED) is 0.687. The highest BCUT2D eigenvalue weighted by Gasteiger charge is 2.20. The maximum atomic E-state index is 11.5. The minimum absolute atomic E-state index is 0.0115. The van der Waals surface area contributed by atoms with Crippen LogP contribution in [0.1, 0.15) is 23.5 Å². The third kappa shape index (κ3) is 3.00. The van der Waals surface area contributed by atoms with E-state index in [2.05, 4.69) is 21.2 Å². The van der Waals surface area contributed by atoms with E-state index in [1.165, 1.54) is 6.07 Å². The van der Waals surface area contributed by atoms with E-state index in [0.717, 1.165) is 11.3 Å². The van der Waals surface area contributed by atoms with E-state index in [0.29, 0.717) is 9.35 Å². The van der Waals surface area contributed by atoms with E-state index in [9.17, 15) is 14.9 Å². The van der Waals surface area contributed by atoms with Crippen LogP contribution in [0.4, 0.5) is 5.00 Å². The van der Waals surface area contributed by atoms with Crippen molar-refractivity contribution in [1.82, 2.24) is 5.32 Å². The van der Waals surface area contributed by atoms with Gasteiger partial charge in [-0.25, -0.2) is 0 Å². The molecule has 1 rings (SSSR count). The SMILES string of the molecule is CC(C)NC(=O)c1cc(Br)c([N+](=O)[O-])s1. The molecular formula is C8H9BrN2O3S. The van der Waals surface area contributed by atoms with E-state index >= 15 is 0 Å². The Balaban J connectivity index is 2.92. The number of halogens is 1. The number of carbonyl (C=O) groups excluding carboxylic acids is 1. The van der Waals surface area contributed by atoms with Gasteiger partial charge < -0.3 is 5.32 Å².